The van der Waals surface area contributed by atoms with Gasteiger partial charge in [-0.2, -0.15) is 4.31 Å². The number of anilines is 1. The number of nitrogens with two attached hydrogens (primary N) is 1. The predicted octanol–water partition coefficient (Wildman–Crippen LogP) is 1.86. The quantitative estimate of drug-likeness (QED) is 0.470. The molecule has 0 bridgehead atoms. The zero-order chi connectivity index (χ0) is 23.6. The average molecular weight is 472 g/mol. The van der Waals surface area contributed by atoms with Gasteiger partial charge in [0.05, 0.1) is 11.4 Å². The van der Waals surface area contributed by atoms with Gasteiger partial charge in [0.1, 0.15) is 11.9 Å². The Bertz CT molecular complexity index is 1110. The van der Waals surface area contributed by atoms with E-state index in [9.17, 15) is 13.2 Å². The number of rotatable bonds is 7. The highest BCUT2D eigenvalue weighted by molar-refractivity contribution is 7.89. The second kappa shape index (κ2) is 9.50. The molecule has 1 amide bonds. The number of nitrogen functional groups attached to an aromatic ring is 1. The van der Waals surface area contributed by atoms with Crippen molar-refractivity contribution in [2.75, 3.05) is 44.2 Å². The van der Waals surface area contributed by atoms with E-state index in [2.05, 4.69) is 4.90 Å². The fourth-order valence-electron chi connectivity index (χ4n) is 4.14. The summed E-state index contributed by atoms with van der Waals surface area (Å²) in [5, 5.41) is 7.47. The normalized spacial score (nSPS) is 20.1. The number of sulfonamides is 1. The first-order chi connectivity index (χ1) is 15.8. The van der Waals surface area contributed by atoms with Crippen LogP contribution in [0.3, 0.4) is 0 Å². The van der Waals surface area contributed by atoms with Crippen molar-refractivity contribution in [2.24, 2.45) is 5.73 Å². The van der Waals surface area contributed by atoms with Crippen molar-refractivity contribution in [1.82, 2.24) is 9.21 Å². The van der Waals surface area contributed by atoms with Gasteiger partial charge in [0.25, 0.3) is 0 Å². The molecule has 9 nitrogen and oxygen atoms in total. The van der Waals surface area contributed by atoms with Crippen molar-refractivity contribution in [3.8, 4) is 0 Å². The first-order valence-electron chi connectivity index (χ1n) is 11.0. The Morgan fingerprint density at radius 2 is 1.70 bits per heavy atom. The molecule has 0 spiro atoms. The monoisotopic (exact) mass is 471 g/mol. The second-order valence-corrected chi connectivity index (χ2v) is 10.2. The predicted molar refractivity (Wildman–Crippen MR) is 126 cm³/mol. The molecule has 10 heteroatoms. The van der Waals surface area contributed by atoms with Crippen LogP contribution in [-0.4, -0.2) is 74.9 Å². The van der Waals surface area contributed by atoms with Crippen LogP contribution in [0.15, 0.2) is 53.4 Å². The zero-order valence-corrected chi connectivity index (χ0v) is 19.4. The van der Waals surface area contributed by atoms with Crippen molar-refractivity contribution < 1.29 is 17.9 Å². The van der Waals surface area contributed by atoms with Gasteiger partial charge in [-0.05, 0) is 48.4 Å². The summed E-state index contributed by atoms with van der Waals surface area (Å²) in [6, 6.07) is 14.0. The number of nitrogens with one attached hydrogen (secondary N) is 1. The number of aryl methyl sites for hydroxylation is 1. The standard InChI is InChI=1S/C23H29N5O4S/c1-2-17-3-9-21(10-4-17)33(30,31)27-13-11-26(12-14-27)15-20-16-28(23(29)32-20)19-7-5-18(6-8-19)22(24)25/h3-10,20H,2,11-16H2,1H3,(H3,24,25). The Morgan fingerprint density at radius 1 is 1.06 bits per heavy atom. The van der Waals surface area contributed by atoms with Gasteiger partial charge < -0.3 is 10.5 Å². The van der Waals surface area contributed by atoms with E-state index in [1.165, 1.54) is 4.31 Å². The van der Waals surface area contributed by atoms with E-state index in [0.29, 0.717) is 55.4 Å². The summed E-state index contributed by atoms with van der Waals surface area (Å²) in [6.07, 6.45) is 0.161. The Hall–Kier alpha value is -2.95. The summed E-state index contributed by atoms with van der Waals surface area (Å²) in [5.41, 5.74) is 7.88. The summed E-state index contributed by atoms with van der Waals surface area (Å²) in [5.74, 6) is -0.0254. The summed E-state index contributed by atoms with van der Waals surface area (Å²) in [6.45, 7) is 4.95. The van der Waals surface area contributed by atoms with Gasteiger partial charge in [-0.3, -0.25) is 15.2 Å². The van der Waals surface area contributed by atoms with Gasteiger partial charge in [-0.25, -0.2) is 13.2 Å². The number of carbonyl (C=O) groups excluding carboxylic acids is 1. The summed E-state index contributed by atoms with van der Waals surface area (Å²) < 4.78 is 33.0. The van der Waals surface area contributed by atoms with Gasteiger partial charge in [0.2, 0.25) is 10.0 Å². The molecular weight excluding hydrogens is 442 g/mol. The number of amides is 1. The molecule has 0 aliphatic carbocycles. The van der Waals surface area contributed by atoms with Crippen LogP contribution in [0.4, 0.5) is 10.5 Å². The molecule has 33 heavy (non-hydrogen) atoms. The molecule has 1 unspecified atom stereocenters. The maximum absolute atomic E-state index is 13.0. The number of hydrogen-bond acceptors (Lipinski definition) is 6. The third-order valence-electron chi connectivity index (χ3n) is 6.13. The topological polar surface area (TPSA) is 120 Å². The molecule has 2 aliphatic heterocycles. The highest BCUT2D eigenvalue weighted by Crippen LogP contribution is 2.24. The largest absolute Gasteiger partial charge is 0.443 e. The Morgan fingerprint density at radius 3 is 2.27 bits per heavy atom. The number of amidine groups is 1. The number of nitrogens with zero attached hydrogens (tertiary/aromatic N) is 3. The molecule has 0 radical (unpaired) electrons. The fourth-order valence-corrected chi connectivity index (χ4v) is 5.56. The Balaban J connectivity index is 1.31. The van der Waals surface area contributed by atoms with Gasteiger partial charge in [0, 0.05) is 44.0 Å². The van der Waals surface area contributed by atoms with Crippen LogP contribution < -0.4 is 10.6 Å². The molecule has 0 saturated carbocycles. The molecule has 2 aromatic carbocycles. The van der Waals surface area contributed by atoms with Crippen LogP contribution in [0.1, 0.15) is 18.1 Å². The Labute approximate surface area is 194 Å². The first kappa shape index (κ1) is 23.2. The molecule has 0 aromatic heterocycles. The summed E-state index contributed by atoms with van der Waals surface area (Å²) in [4.78, 5) is 16.4. The molecular formula is C23H29N5O4S. The van der Waals surface area contributed by atoms with Crippen LogP contribution in [0.5, 0.6) is 0 Å². The van der Waals surface area contributed by atoms with Gasteiger partial charge in [-0.1, -0.05) is 19.1 Å². The number of cyclic esters (lactones) is 1. The van der Waals surface area contributed by atoms with E-state index in [4.69, 9.17) is 15.9 Å². The molecule has 2 aliphatic rings. The van der Waals surface area contributed by atoms with E-state index in [0.717, 1.165) is 12.0 Å². The zero-order valence-electron chi connectivity index (χ0n) is 18.6. The van der Waals surface area contributed by atoms with Gasteiger partial charge >= 0.3 is 6.09 Å². The van der Waals surface area contributed by atoms with Crippen molar-refractivity contribution in [3.63, 3.8) is 0 Å². The van der Waals surface area contributed by atoms with E-state index in [1.807, 2.05) is 19.1 Å². The smallest absolute Gasteiger partial charge is 0.414 e. The molecule has 1 atom stereocenters. The van der Waals surface area contributed by atoms with Crippen LogP contribution in [0.2, 0.25) is 0 Å². The fraction of sp³-hybridized carbons (Fsp3) is 0.391. The van der Waals surface area contributed by atoms with Crippen molar-refractivity contribution >= 4 is 27.6 Å². The van der Waals surface area contributed by atoms with Crippen molar-refractivity contribution in [1.29, 1.82) is 5.41 Å². The highest BCUT2D eigenvalue weighted by atomic mass is 32.2. The minimum Gasteiger partial charge on any atom is -0.443 e. The molecule has 2 saturated heterocycles. The lowest BCUT2D eigenvalue weighted by atomic mass is 10.2. The highest BCUT2D eigenvalue weighted by Gasteiger charge is 2.35. The minimum absolute atomic E-state index is 0.0254. The molecule has 4 rings (SSSR count). The molecule has 2 fully saturated rings. The van der Waals surface area contributed by atoms with E-state index >= 15 is 0 Å². The number of piperazine rings is 1. The maximum atomic E-state index is 13.0. The maximum Gasteiger partial charge on any atom is 0.414 e. The van der Waals surface area contributed by atoms with Crippen molar-refractivity contribution in [3.05, 3.63) is 59.7 Å². The summed E-state index contributed by atoms with van der Waals surface area (Å²) in [7, 11) is -3.51. The summed E-state index contributed by atoms with van der Waals surface area (Å²) >= 11 is 0. The first-order valence-corrected chi connectivity index (χ1v) is 12.5. The average Bonchev–Trinajstić information content (AvgIpc) is 3.19. The lowest BCUT2D eigenvalue weighted by Gasteiger charge is -2.34. The third kappa shape index (κ3) is 5.02. The third-order valence-corrected chi connectivity index (χ3v) is 8.04. The molecule has 176 valence electrons. The van der Waals surface area contributed by atoms with Crippen LogP contribution in [0, 0.1) is 5.41 Å². The van der Waals surface area contributed by atoms with Crippen LogP contribution in [0.25, 0.3) is 0 Å². The Kier molecular flexibility index (Phi) is 6.68. The SMILES string of the molecule is CCc1ccc(S(=O)(=O)N2CCN(CC3CN(c4ccc(C(=N)N)cc4)C(=O)O3)CC2)cc1. The minimum atomic E-state index is -3.51. The number of carbonyl (C=O) groups is 1. The number of benzene rings is 2. The van der Waals surface area contributed by atoms with E-state index in [1.54, 1.807) is 41.3 Å². The molecule has 2 aromatic rings. The van der Waals surface area contributed by atoms with Crippen LogP contribution in [-0.2, 0) is 21.2 Å². The van der Waals surface area contributed by atoms with E-state index < -0.39 is 16.1 Å². The number of hydrogen-bond donors (Lipinski definition) is 2. The number of ether oxygens (including phenoxy) is 1. The van der Waals surface area contributed by atoms with Crippen molar-refractivity contribution in [2.45, 2.75) is 24.3 Å². The molecule has 2 heterocycles. The lowest BCUT2D eigenvalue weighted by Crippen LogP contribution is -2.50. The second-order valence-electron chi connectivity index (χ2n) is 8.28. The van der Waals surface area contributed by atoms with Gasteiger partial charge in [-0.15, -0.1) is 0 Å². The van der Waals surface area contributed by atoms with Crippen LogP contribution >= 0.6 is 0 Å². The van der Waals surface area contributed by atoms with Gasteiger partial charge in [0.15, 0.2) is 0 Å². The van der Waals surface area contributed by atoms with E-state index in [-0.39, 0.29) is 11.9 Å². The molecule has 3 N–H and O–H groups in total. The lowest BCUT2D eigenvalue weighted by molar-refractivity contribution is 0.0937.